The monoisotopic (exact) mass is 296 g/mol. The van der Waals surface area contributed by atoms with Crippen molar-refractivity contribution < 1.29 is 19.1 Å². The smallest absolute Gasteiger partial charge is 0.317 e. The molecule has 1 aromatic heterocycles. The molecule has 21 heavy (non-hydrogen) atoms. The van der Waals surface area contributed by atoms with E-state index in [-0.39, 0.29) is 18.4 Å². The van der Waals surface area contributed by atoms with E-state index in [0.717, 1.165) is 12.0 Å². The first-order valence-electron chi connectivity index (χ1n) is 7.10. The molecule has 2 amide bonds. The molecule has 2 N–H and O–H groups in total. The summed E-state index contributed by atoms with van der Waals surface area (Å²) in [6.07, 6.45) is 4.00. The standard InChI is InChI=1S/C15H24N2O4/c1-11(2)6-13(7-14(18)19)8-16-15(20)17(3)9-12-4-5-21-10-12/h4-5,10-11,13H,6-9H2,1-3H3,(H,16,20)(H,18,19)/t13-/m0/s1. The van der Waals surface area contributed by atoms with Crippen LogP contribution in [-0.4, -0.2) is 35.6 Å². The van der Waals surface area contributed by atoms with Gasteiger partial charge in [-0.2, -0.15) is 0 Å². The molecule has 0 bridgehead atoms. The summed E-state index contributed by atoms with van der Waals surface area (Å²) in [5, 5.41) is 11.7. The average Bonchev–Trinajstić information content (AvgIpc) is 2.86. The van der Waals surface area contributed by atoms with Crippen molar-refractivity contribution >= 4 is 12.0 Å². The molecule has 0 aromatic carbocycles. The summed E-state index contributed by atoms with van der Waals surface area (Å²) in [5.41, 5.74) is 0.914. The molecule has 0 radical (unpaired) electrons. The predicted octanol–water partition coefficient (Wildman–Crippen LogP) is 2.56. The van der Waals surface area contributed by atoms with Gasteiger partial charge >= 0.3 is 12.0 Å². The summed E-state index contributed by atoms with van der Waals surface area (Å²) < 4.78 is 4.96. The second kappa shape index (κ2) is 8.34. The molecular formula is C15H24N2O4. The third-order valence-corrected chi connectivity index (χ3v) is 3.16. The number of carbonyl (C=O) groups is 2. The summed E-state index contributed by atoms with van der Waals surface area (Å²) in [4.78, 5) is 24.4. The third-order valence-electron chi connectivity index (χ3n) is 3.16. The van der Waals surface area contributed by atoms with Crippen LogP contribution in [-0.2, 0) is 11.3 Å². The van der Waals surface area contributed by atoms with Gasteiger partial charge in [-0.05, 0) is 24.3 Å². The number of hydrogen-bond acceptors (Lipinski definition) is 3. The predicted molar refractivity (Wildman–Crippen MR) is 78.8 cm³/mol. The molecule has 6 heteroatoms. The van der Waals surface area contributed by atoms with Crippen molar-refractivity contribution in [3.05, 3.63) is 24.2 Å². The Morgan fingerprint density at radius 2 is 2.14 bits per heavy atom. The average molecular weight is 296 g/mol. The molecule has 0 saturated heterocycles. The summed E-state index contributed by atoms with van der Waals surface area (Å²) in [6.45, 7) is 4.92. The number of carboxylic acid groups (broad SMARTS) is 1. The van der Waals surface area contributed by atoms with Gasteiger partial charge in [0.2, 0.25) is 0 Å². The minimum Gasteiger partial charge on any atom is -0.481 e. The second-order valence-corrected chi connectivity index (χ2v) is 5.77. The summed E-state index contributed by atoms with van der Waals surface area (Å²) in [5.74, 6) is -0.481. The lowest BCUT2D eigenvalue weighted by atomic mass is 9.94. The number of hydrogen-bond donors (Lipinski definition) is 2. The highest BCUT2D eigenvalue weighted by Gasteiger charge is 2.17. The Kier molecular flexibility index (Phi) is 6.78. The van der Waals surface area contributed by atoms with E-state index in [2.05, 4.69) is 5.32 Å². The van der Waals surface area contributed by atoms with E-state index in [1.54, 1.807) is 25.6 Å². The zero-order valence-corrected chi connectivity index (χ0v) is 12.8. The summed E-state index contributed by atoms with van der Waals surface area (Å²) in [6, 6.07) is 1.59. The third kappa shape index (κ3) is 6.83. The first-order chi connectivity index (χ1) is 9.88. The molecule has 0 saturated carbocycles. The maximum absolute atomic E-state index is 12.0. The van der Waals surface area contributed by atoms with Gasteiger partial charge in [-0.3, -0.25) is 4.79 Å². The molecule has 6 nitrogen and oxygen atoms in total. The van der Waals surface area contributed by atoms with Gasteiger partial charge in [-0.1, -0.05) is 13.8 Å². The fraction of sp³-hybridized carbons (Fsp3) is 0.600. The maximum Gasteiger partial charge on any atom is 0.317 e. The largest absolute Gasteiger partial charge is 0.481 e. The lowest BCUT2D eigenvalue weighted by molar-refractivity contribution is -0.138. The fourth-order valence-corrected chi connectivity index (χ4v) is 2.25. The molecular weight excluding hydrogens is 272 g/mol. The van der Waals surface area contributed by atoms with Gasteiger partial charge in [-0.15, -0.1) is 0 Å². The number of carboxylic acids is 1. The van der Waals surface area contributed by atoms with E-state index in [9.17, 15) is 9.59 Å². The van der Waals surface area contributed by atoms with Crippen LogP contribution in [0.15, 0.2) is 23.0 Å². The molecule has 118 valence electrons. The number of nitrogens with zero attached hydrogens (tertiary/aromatic N) is 1. The van der Waals surface area contributed by atoms with E-state index in [0.29, 0.717) is 19.0 Å². The van der Waals surface area contributed by atoms with E-state index >= 15 is 0 Å². The minimum atomic E-state index is -0.832. The molecule has 0 aliphatic rings. The van der Waals surface area contributed by atoms with E-state index < -0.39 is 5.97 Å². The molecule has 1 heterocycles. The summed E-state index contributed by atoms with van der Waals surface area (Å²) in [7, 11) is 1.69. The Labute approximate surface area is 125 Å². The molecule has 1 aromatic rings. The van der Waals surface area contributed by atoms with Crippen LogP contribution in [0.4, 0.5) is 4.79 Å². The molecule has 0 aliphatic carbocycles. The highest BCUT2D eigenvalue weighted by Crippen LogP contribution is 2.15. The zero-order chi connectivity index (χ0) is 15.8. The molecule has 0 unspecified atom stereocenters. The Hall–Kier alpha value is -1.98. The quantitative estimate of drug-likeness (QED) is 0.772. The van der Waals surface area contributed by atoms with Gasteiger partial charge in [0.15, 0.2) is 0 Å². The van der Waals surface area contributed by atoms with Crippen molar-refractivity contribution in [2.24, 2.45) is 11.8 Å². The van der Waals surface area contributed by atoms with Crippen molar-refractivity contribution in [1.29, 1.82) is 0 Å². The Morgan fingerprint density at radius 3 is 2.67 bits per heavy atom. The first kappa shape index (κ1) is 17.1. The Bertz CT molecular complexity index is 443. The number of carbonyl (C=O) groups excluding carboxylic acids is 1. The van der Waals surface area contributed by atoms with E-state index in [1.807, 2.05) is 13.8 Å². The van der Waals surface area contributed by atoms with E-state index in [4.69, 9.17) is 9.52 Å². The van der Waals surface area contributed by atoms with Gasteiger partial charge in [0.05, 0.1) is 19.1 Å². The van der Waals surface area contributed by atoms with Crippen LogP contribution < -0.4 is 5.32 Å². The highest BCUT2D eigenvalue weighted by molar-refractivity contribution is 5.74. The van der Waals surface area contributed by atoms with Gasteiger partial charge in [0, 0.05) is 25.6 Å². The van der Waals surface area contributed by atoms with Gasteiger partial charge in [0.25, 0.3) is 0 Å². The van der Waals surface area contributed by atoms with Crippen LogP contribution in [0.3, 0.4) is 0 Å². The normalized spacial score (nSPS) is 12.2. The molecule has 1 rings (SSSR count). The van der Waals surface area contributed by atoms with Crippen LogP contribution in [0.5, 0.6) is 0 Å². The first-order valence-corrected chi connectivity index (χ1v) is 7.10. The van der Waals surface area contributed by atoms with Crippen LogP contribution in [0.1, 0.15) is 32.3 Å². The van der Waals surface area contributed by atoms with Crippen molar-refractivity contribution in [2.45, 2.75) is 33.2 Å². The van der Waals surface area contributed by atoms with Crippen LogP contribution in [0.25, 0.3) is 0 Å². The molecule has 1 atom stereocenters. The van der Waals surface area contributed by atoms with Gasteiger partial charge in [0.1, 0.15) is 0 Å². The lowest BCUT2D eigenvalue weighted by Gasteiger charge is -2.21. The lowest BCUT2D eigenvalue weighted by Crippen LogP contribution is -2.39. The van der Waals surface area contributed by atoms with Gasteiger partial charge < -0.3 is 19.7 Å². The topological polar surface area (TPSA) is 82.8 Å². The summed E-state index contributed by atoms with van der Waals surface area (Å²) >= 11 is 0. The number of nitrogens with one attached hydrogen (secondary N) is 1. The number of amides is 2. The SMILES string of the molecule is CC(C)C[C@H](CNC(=O)N(C)Cc1ccoc1)CC(=O)O. The molecule has 0 spiro atoms. The van der Waals surface area contributed by atoms with Crippen LogP contribution in [0, 0.1) is 11.8 Å². The molecule has 0 fully saturated rings. The Balaban J connectivity index is 2.42. The van der Waals surface area contributed by atoms with Crippen LogP contribution >= 0.6 is 0 Å². The maximum atomic E-state index is 12.0. The van der Waals surface area contributed by atoms with Crippen LogP contribution in [0.2, 0.25) is 0 Å². The highest BCUT2D eigenvalue weighted by atomic mass is 16.4. The van der Waals surface area contributed by atoms with Crippen molar-refractivity contribution in [2.75, 3.05) is 13.6 Å². The number of aliphatic carboxylic acids is 1. The Morgan fingerprint density at radius 1 is 1.43 bits per heavy atom. The van der Waals surface area contributed by atoms with Crippen molar-refractivity contribution in [3.8, 4) is 0 Å². The van der Waals surface area contributed by atoms with Crippen molar-refractivity contribution in [1.82, 2.24) is 10.2 Å². The minimum absolute atomic E-state index is 0.0474. The number of rotatable bonds is 8. The fourth-order valence-electron chi connectivity index (χ4n) is 2.25. The molecule has 0 aliphatic heterocycles. The number of furan rings is 1. The zero-order valence-electron chi connectivity index (χ0n) is 12.8. The van der Waals surface area contributed by atoms with E-state index in [1.165, 1.54) is 4.90 Å². The van der Waals surface area contributed by atoms with Gasteiger partial charge in [-0.25, -0.2) is 4.79 Å². The second-order valence-electron chi connectivity index (χ2n) is 5.77. The number of urea groups is 1. The van der Waals surface area contributed by atoms with Crippen molar-refractivity contribution in [3.63, 3.8) is 0 Å².